The minimum Gasteiger partial charge on any atom is -0.497 e. The minimum atomic E-state index is -0.909. The highest BCUT2D eigenvalue weighted by atomic mass is 16.5. The molecule has 1 atom stereocenters. The molecule has 0 amide bonds. The fourth-order valence-electron chi connectivity index (χ4n) is 5.07. The van der Waals surface area contributed by atoms with Crippen LogP contribution in [0.15, 0.2) is 66.7 Å². The van der Waals surface area contributed by atoms with Crippen LogP contribution >= 0.6 is 0 Å². The van der Waals surface area contributed by atoms with E-state index >= 15 is 0 Å². The summed E-state index contributed by atoms with van der Waals surface area (Å²) < 4.78 is 11.5. The van der Waals surface area contributed by atoms with Crippen LogP contribution in [0.25, 0.3) is 0 Å². The number of piperazine rings is 1. The van der Waals surface area contributed by atoms with E-state index in [0.29, 0.717) is 12.2 Å². The Balaban J connectivity index is 1.31. The number of aromatic carboxylic acids is 1. The number of carboxylic acids is 1. The number of hydrogen-bond donors (Lipinski definition) is 1. The fourth-order valence-corrected chi connectivity index (χ4v) is 5.07. The van der Waals surface area contributed by atoms with Crippen LogP contribution in [-0.2, 0) is 6.61 Å². The number of fused-ring (bicyclic) bond motifs is 2. The smallest absolute Gasteiger partial charge is 0.335 e. The van der Waals surface area contributed by atoms with Gasteiger partial charge in [-0.15, -0.1) is 0 Å². The van der Waals surface area contributed by atoms with Crippen molar-refractivity contribution < 1.29 is 19.4 Å². The molecule has 2 aliphatic rings. The van der Waals surface area contributed by atoms with Crippen LogP contribution in [0.1, 0.15) is 39.4 Å². The van der Waals surface area contributed by atoms with Gasteiger partial charge in [-0.25, -0.2) is 4.79 Å². The van der Waals surface area contributed by atoms with E-state index in [-0.39, 0.29) is 5.92 Å². The number of nitrogens with zero attached hydrogens (tertiary/aromatic N) is 2. The van der Waals surface area contributed by atoms with Gasteiger partial charge in [0.25, 0.3) is 0 Å². The minimum absolute atomic E-state index is 0.101. The van der Waals surface area contributed by atoms with Crippen LogP contribution in [0.2, 0.25) is 0 Å². The molecule has 0 saturated carbocycles. The van der Waals surface area contributed by atoms with E-state index in [4.69, 9.17) is 9.47 Å². The summed E-state index contributed by atoms with van der Waals surface area (Å²) in [7, 11) is 1.70. The van der Waals surface area contributed by atoms with Crippen LogP contribution in [0.3, 0.4) is 0 Å². The van der Waals surface area contributed by atoms with Gasteiger partial charge in [-0.2, -0.15) is 0 Å². The predicted octanol–water partition coefficient (Wildman–Crippen LogP) is 4.63. The summed E-state index contributed by atoms with van der Waals surface area (Å²) in [5, 5.41) is 9.56. The first-order valence-corrected chi connectivity index (χ1v) is 11.8. The van der Waals surface area contributed by atoms with E-state index in [1.165, 1.54) is 16.8 Å². The highest BCUT2D eigenvalue weighted by Gasteiger charge is 2.27. The lowest BCUT2D eigenvalue weighted by atomic mass is 9.85. The second-order valence-corrected chi connectivity index (χ2v) is 8.92. The van der Waals surface area contributed by atoms with Crippen LogP contribution in [0.5, 0.6) is 11.5 Å². The quantitative estimate of drug-likeness (QED) is 0.581. The van der Waals surface area contributed by atoms with Gasteiger partial charge in [0.1, 0.15) is 18.1 Å². The molecule has 3 aromatic carbocycles. The summed E-state index contributed by atoms with van der Waals surface area (Å²) in [6, 6.07) is 21.8. The summed E-state index contributed by atoms with van der Waals surface area (Å²) >= 11 is 0. The third-order valence-electron chi connectivity index (χ3n) is 6.97. The molecule has 6 heteroatoms. The first-order chi connectivity index (χ1) is 16.6. The molecule has 6 nitrogen and oxygen atoms in total. The average Bonchev–Trinajstić information content (AvgIpc) is 3.04. The van der Waals surface area contributed by atoms with Crippen LogP contribution in [0, 0.1) is 0 Å². The van der Waals surface area contributed by atoms with Crippen molar-refractivity contribution in [3.05, 3.63) is 89.0 Å². The number of hydrogen-bond acceptors (Lipinski definition) is 5. The van der Waals surface area contributed by atoms with Gasteiger partial charge in [0.15, 0.2) is 0 Å². The molecule has 0 aromatic heterocycles. The van der Waals surface area contributed by atoms with Gasteiger partial charge in [0.05, 0.1) is 12.7 Å². The number of benzene rings is 3. The molecule has 0 bridgehead atoms. The second kappa shape index (κ2) is 9.77. The van der Waals surface area contributed by atoms with E-state index in [2.05, 4.69) is 40.1 Å². The summed E-state index contributed by atoms with van der Waals surface area (Å²) in [5.74, 6) is 0.861. The van der Waals surface area contributed by atoms with E-state index in [0.717, 1.165) is 56.2 Å². The monoisotopic (exact) mass is 458 g/mol. The predicted molar refractivity (Wildman–Crippen MR) is 132 cm³/mol. The maximum atomic E-state index is 11.7. The highest BCUT2D eigenvalue weighted by molar-refractivity contribution is 5.88. The molecule has 176 valence electrons. The SMILES string of the molecule is COc1cccc(N2CCN(CCC3c4ccccc4COc4ccc(C(=O)O)cc43)CC2)c1. The Morgan fingerprint density at radius 1 is 1.00 bits per heavy atom. The Bertz CT molecular complexity index is 1170. The Kier molecular flexibility index (Phi) is 6.41. The third kappa shape index (κ3) is 4.59. The number of carbonyl (C=O) groups is 1. The fraction of sp³-hybridized carbons (Fsp3) is 0.321. The number of carboxylic acid groups (broad SMARTS) is 1. The molecule has 1 fully saturated rings. The standard InChI is InChI=1S/C28H30N2O4/c1-33-23-7-4-6-22(18-23)30-15-13-29(14-16-30)12-11-25-24-8-3-2-5-21(24)19-34-27-10-9-20(28(31)32)17-26(25)27/h2-10,17-18,25H,11-16,19H2,1H3,(H,31,32). The number of ether oxygens (including phenoxy) is 2. The number of methoxy groups -OCH3 is 1. The van der Waals surface area contributed by atoms with Crippen LogP contribution in [0.4, 0.5) is 5.69 Å². The molecule has 3 aromatic rings. The molecule has 2 aliphatic heterocycles. The summed E-state index contributed by atoms with van der Waals surface area (Å²) in [4.78, 5) is 16.6. The molecule has 2 heterocycles. The molecular weight excluding hydrogens is 428 g/mol. The van der Waals surface area contributed by atoms with Gasteiger partial charge in [-0.3, -0.25) is 4.90 Å². The first-order valence-electron chi connectivity index (χ1n) is 11.8. The topological polar surface area (TPSA) is 62.2 Å². The van der Waals surface area contributed by atoms with Gasteiger partial charge in [0.2, 0.25) is 0 Å². The van der Waals surface area contributed by atoms with E-state index in [9.17, 15) is 9.90 Å². The van der Waals surface area contributed by atoms with Crippen LogP contribution in [-0.4, -0.2) is 55.8 Å². The lowest BCUT2D eigenvalue weighted by Gasteiger charge is -2.36. The van der Waals surface area contributed by atoms with Crippen molar-refractivity contribution in [2.45, 2.75) is 18.9 Å². The number of anilines is 1. The molecule has 1 N–H and O–H groups in total. The third-order valence-corrected chi connectivity index (χ3v) is 6.97. The van der Waals surface area contributed by atoms with Crippen molar-refractivity contribution in [2.75, 3.05) is 44.7 Å². The van der Waals surface area contributed by atoms with Gasteiger partial charge >= 0.3 is 5.97 Å². The zero-order valence-corrected chi connectivity index (χ0v) is 19.4. The zero-order chi connectivity index (χ0) is 23.5. The maximum Gasteiger partial charge on any atom is 0.335 e. The molecule has 0 aliphatic carbocycles. The molecule has 1 unspecified atom stereocenters. The molecule has 34 heavy (non-hydrogen) atoms. The zero-order valence-electron chi connectivity index (χ0n) is 19.4. The normalized spacial score (nSPS) is 17.8. The molecule has 0 spiro atoms. The van der Waals surface area contributed by atoms with Gasteiger partial charge in [-0.1, -0.05) is 30.3 Å². The van der Waals surface area contributed by atoms with Crippen molar-refractivity contribution in [1.29, 1.82) is 0 Å². The van der Waals surface area contributed by atoms with E-state index in [1.807, 2.05) is 24.3 Å². The molecule has 0 radical (unpaired) electrons. The second-order valence-electron chi connectivity index (χ2n) is 8.92. The summed E-state index contributed by atoms with van der Waals surface area (Å²) in [6.45, 7) is 5.37. The van der Waals surface area contributed by atoms with Gasteiger partial charge in [0, 0.05) is 49.4 Å². The van der Waals surface area contributed by atoms with Gasteiger partial charge < -0.3 is 19.5 Å². The van der Waals surface area contributed by atoms with E-state index < -0.39 is 5.97 Å². The molecule has 1 saturated heterocycles. The van der Waals surface area contributed by atoms with Gasteiger partial charge in [-0.05, 0) is 54.4 Å². The highest BCUT2D eigenvalue weighted by Crippen LogP contribution is 2.40. The van der Waals surface area contributed by atoms with Crippen LogP contribution < -0.4 is 14.4 Å². The molecular formula is C28H30N2O4. The molecule has 5 rings (SSSR count). The van der Waals surface area contributed by atoms with Crippen molar-refractivity contribution in [2.24, 2.45) is 0 Å². The maximum absolute atomic E-state index is 11.7. The summed E-state index contributed by atoms with van der Waals surface area (Å²) in [6.07, 6.45) is 0.912. The lowest BCUT2D eigenvalue weighted by Crippen LogP contribution is -2.46. The first kappa shape index (κ1) is 22.3. The summed E-state index contributed by atoms with van der Waals surface area (Å²) in [5.41, 5.74) is 4.88. The largest absolute Gasteiger partial charge is 0.497 e. The van der Waals surface area contributed by atoms with Crippen molar-refractivity contribution >= 4 is 11.7 Å². The Morgan fingerprint density at radius 2 is 1.82 bits per heavy atom. The van der Waals surface area contributed by atoms with Crippen molar-refractivity contribution in [3.63, 3.8) is 0 Å². The average molecular weight is 459 g/mol. The Hall–Kier alpha value is -3.51. The Morgan fingerprint density at radius 3 is 2.62 bits per heavy atom. The lowest BCUT2D eigenvalue weighted by molar-refractivity contribution is 0.0696. The Labute approximate surface area is 200 Å². The van der Waals surface area contributed by atoms with Crippen molar-refractivity contribution in [3.8, 4) is 11.5 Å². The number of rotatable bonds is 6. The van der Waals surface area contributed by atoms with E-state index in [1.54, 1.807) is 19.2 Å². The van der Waals surface area contributed by atoms with Crippen molar-refractivity contribution in [1.82, 2.24) is 4.90 Å².